The highest BCUT2D eigenvalue weighted by Gasteiger charge is 1.88. The van der Waals surface area contributed by atoms with Crippen LogP contribution < -0.4 is 0 Å². The van der Waals surface area contributed by atoms with Gasteiger partial charge >= 0.3 is 0 Å². The second-order valence-corrected chi connectivity index (χ2v) is 5.57. The van der Waals surface area contributed by atoms with E-state index in [1.54, 1.807) is 20.8 Å². The third kappa shape index (κ3) is 95.8. The summed E-state index contributed by atoms with van der Waals surface area (Å²) in [6.07, 6.45) is 6.54. The van der Waals surface area contributed by atoms with Crippen LogP contribution in [0.25, 0.3) is 0 Å². The van der Waals surface area contributed by atoms with Crippen molar-refractivity contribution in [2.45, 2.75) is 100 Å². The molecule has 0 rings (SSSR count). The molecule has 0 radical (unpaired) electrons. The van der Waals surface area contributed by atoms with Crippen LogP contribution in [-0.2, 0) is 19.2 Å². The van der Waals surface area contributed by atoms with E-state index in [1.807, 2.05) is 6.92 Å². The van der Waals surface area contributed by atoms with Crippen molar-refractivity contribution < 1.29 is 19.2 Å². The zero-order valence-electron chi connectivity index (χ0n) is 16.6. The molecule has 138 valence electrons. The Morgan fingerprint density at radius 1 is 0.565 bits per heavy atom. The average Bonchev–Trinajstić information content (AvgIpc) is 2.43. The van der Waals surface area contributed by atoms with Crippen LogP contribution in [0.5, 0.6) is 0 Å². The number of unbranched alkanes of at least 4 members (excludes halogenated alkanes) is 2. The lowest BCUT2D eigenvalue weighted by Crippen LogP contribution is -1.86. The Bertz CT molecular complexity index is 284. The predicted molar refractivity (Wildman–Crippen MR) is 97.7 cm³/mol. The van der Waals surface area contributed by atoms with Gasteiger partial charge < -0.3 is 19.2 Å². The Morgan fingerprint density at radius 3 is 0.826 bits per heavy atom. The molecule has 0 fully saturated rings. The first-order chi connectivity index (χ1) is 10.5. The summed E-state index contributed by atoms with van der Waals surface area (Å²) >= 11 is 0. The van der Waals surface area contributed by atoms with Gasteiger partial charge in [0.05, 0.1) is 0 Å². The summed E-state index contributed by atoms with van der Waals surface area (Å²) < 4.78 is 0. The molecule has 0 atom stereocenters. The first-order valence-corrected chi connectivity index (χ1v) is 8.50. The highest BCUT2D eigenvalue weighted by molar-refractivity contribution is 5.75. The molecule has 0 aromatic rings. The molecule has 4 nitrogen and oxygen atoms in total. The quantitative estimate of drug-likeness (QED) is 0.650. The lowest BCUT2D eigenvalue weighted by Gasteiger charge is -1.86. The molecular formula is C19H38O4. The van der Waals surface area contributed by atoms with Crippen molar-refractivity contribution in [3.8, 4) is 0 Å². The van der Waals surface area contributed by atoms with E-state index < -0.39 is 0 Å². The van der Waals surface area contributed by atoms with Gasteiger partial charge in [-0.1, -0.05) is 33.6 Å². The molecule has 4 heteroatoms. The highest BCUT2D eigenvalue weighted by atomic mass is 16.1. The van der Waals surface area contributed by atoms with Gasteiger partial charge in [-0.05, 0) is 47.5 Å². The molecule has 0 aromatic heterocycles. The predicted octanol–water partition coefficient (Wildman–Crippen LogP) is 5.11. The molecule has 0 amide bonds. The fourth-order valence-electron chi connectivity index (χ4n) is 0.851. The summed E-state index contributed by atoms with van der Waals surface area (Å²) in [5.74, 6) is 1.04. The number of Topliss-reactive ketones (excluding diaryl/α,β-unsaturated/α-hetero) is 4. The maximum absolute atomic E-state index is 10.2. The van der Waals surface area contributed by atoms with Crippen LogP contribution >= 0.6 is 0 Å². The van der Waals surface area contributed by atoms with Gasteiger partial charge in [0.2, 0.25) is 0 Å². The summed E-state index contributed by atoms with van der Waals surface area (Å²) in [5.41, 5.74) is 0. The van der Waals surface area contributed by atoms with Crippen molar-refractivity contribution in [1.82, 2.24) is 0 Å². The van der Waals surface area contributed by atoms with Gasteiger partial charge in [-0.3, -0.25) is 0 Å². The van der Waals surface area contributed by atoms with Crippen molar-refractivity contribution in [2.24, 2.45) is 0 Å². The Hall–Kier alpha value is -1.32. The molecule has 0 saturated heterocycles. The molecule has 0 aliphatic rings. The van der Waals surface area contributed by atoms with Crippen molar-refractivity contribution in [3.05, 3.63) is 0 Å². The lowest BCUT2D eigenvalue weighted by molar-refractivity contribution is -0.117. The largest absolute Gasteiger partial charge is 0.300 e. The third-order valence-electron chi connectivity index (χ3n) is 2.26. The van der Waals surface area contributed by atoms with E-state index in [0.29, 0.717) is 18.0 Å². The number of rotatable bonds is 7. The molecule has 0 aliphatic heterocycles. The molecule has 0 saturated carbocycles. The number of carbonyl (C=O) groups excluding carboxylic acids is 4. The highest BCUT2D eigenvalue weighted by Crippen LogP contribution is 1.93. The van der Waals surface area contributed by atoms with Crippen LogP contribution in [0.3, 0.4) is 0 Å². The van der Waals surface area contributed by atoms with Gasteiger partial charge in [-0.2, -0.15) is 0 Å². The van der Waals surface area contributed by atoms with Crippen LogP contribution in [0, 0.1) is 0 Å². The molecule has 0 unspecified atom stereocenters. The molecular weight excluding hydrogens is 292 g/mol. The zero-order valence-corrected chi connectivity index (χ0v) is 16.6. The average molecular weight is 331 g/mol. The van der Waals surface area contributed by atoms with Crippen molar-refractivity contribution in [1.29, 1.82) is 0 Å². The zero-order chi connectivity index (χ0) is 19.3. The molecule has 0 N–H and O–H groups in total. The Morgan fingerprint density at radius 2 is 0.783 bits per heavy atom. The molecule has 0 aromatic carbocycles. The van der Waals surface area contributed by atoms with E-state index in [9.17, 15) is 19.2 Å². The summed E-state index contributed by atoms with van der Waals surface area (Å²) in [4.78, 5) is 39.7. The Labute approximate surface area is 143 Å². The van der Waals surface area contributed by atoms with Crippen LogP contribution in [0.2, 0.25) is 0 Å². The Balaban J connectivity index is -0.000000107. The van der Waals surface area contributed by atoms with E-state index in [1.165, 1.54) is 13.8 Å². The first kappa shape index (κ1) is 29.7. The normalized spacial score (nSPS) is 8.17. The van der Waals surface area contributed by atoms with Gasteiger partial charge in [0.1, 0.15) is 23.1 Å². The van der Waals surface area contributed by atoms with Gasteiger partial charge in [0.15, 0.2) is 0 Å². The van der Waals surface area contributed by atoms with E-state index >= 15 is 0 Å². The molecule has 0 spiro atoms. The Kier molecular flexibility index (Phi) is 33.0. The minimum absolute atomic E-state index is 0.167. The summed E-state index contributed by atoms with van der Waals surface area (Å²) in [7, 11) is 0. The minimum Gasteiger partial charge on any atom is -0.300 e. The van der Waals surface area contributed by atoms with Gasteiger partial charge in [-0.15, -0.1) is 0 Å². The lowest BCUT2D eigenvalue weighted by atomic mass is 10.2. The molecule has 0 heterocycles. The molecule has 23 heavy (non-hydrogen) atoms. The van der Waals surface area contributed by atoms with Crippen molar-refractivity contribution in [2.75, 3.05) is 0 Å². The SMILES string of the molecule is CC(C)=O.CCC(C)=O.CCCCC(C)=O.CCCCC(C)=O. The monoisotopic (exact) mass is 330 g/mol. The second kappa shape index (κ2) is 25.6. The van der Waals surface area contributed by atoms with E-state index in [2.05, 4.69) is 13.8 Å². The number of hydrogen-bond acceptors (Lipinski definition) is 4. The van der Waals surface area contributed by atoms with Crippen molar-refractivity contribution >= 4 is 23.1 Å². The fourth-order valence-corrected chi connectivity index (χ4v) is 0.851. The summed E-state index contributed by atoms with van der Waals surface area (Å²) in [5, 5.41) is 0. The second-order valence-electron chi connectivity index (χ2n) is 5.57. The van der Waals surface area contributed by atoms with Crippen LogP contribution in [-0.4, -0.2) is 23.1 Å². The fraction of sp³-hybridized carbons (Fsp3) is 0.789. The summed E-state index contributed by atoms with van der Waals surface area (Å²) in [6.45, 7) is 13.9. The van der Waals surface area contributed by atoms with Gasteiger partial charge in [-0.25, -0.2) is 0 Å². The van der Waals surface area contributed by atoms with Gasteiger partial charge in [0.25, 0.3) is 0 Å². The van der Waals surface area contributed by atoms with Gasteiger partial charge in [0, 0.05) is 19.3 Å². The standard InChI is InChI=1S/2C6H12O.C4H8O.C3H6O/c2*1-3-4-5-6(2)7;1-3-4(2)5;1-3(2)4/h2*3-5H2,1-2H3;3H2,1-2H3;1-2H3. The topological polar surface area (TPSA) is 68.3 Å². The molecule has 0 bridgehead atoms. The van der Waals surface area contributed by atoms with Crippen LogP contribution in [0.15, 0.2) is 0 Å². The molecule has 0 aliphatic carbocycles. The van der Waals surface area contributed by atoms with E-state index in [-0.39, 0.29) is 11.6 Å². The maximum atomic E-state index is 10.2. The van der Waals surface area contributed by atoms with E-state index in [0.717, 1.165) is 38.5 Å². The number of carbonyl (C=O) groups is 4. The maximum Gasteiger partial charge on any atom is 0.129 e. The van der Waals surface area contributed by atoms with Crippen LogP contribution in [0.4, 0.5) is 0 Å². The number of ketones is 4. The van der Waals surface area contributed by atoms with Crippen LogP contribution in [0.1, 0.15) is 100 Å². The third-order valence-corrected chi connectivity index (χ3v) is 2.26. The van der Waals surface area contributed by atoms with E-state index in [4.69, 9.17) is 0 Å². The minimum atomic E-state index is 0.167. The first-order valence-electron chi connectivity index (χ1n) is 8.50. The van der Waals surface area contributed by atoms with Crippen molar-refractivity contribution in [3.63, 3.8) is 0 Å². The number of hydrogen-bond donors (Lipinski definition) is 0. The summed E-state index contributed by atoms with van der Waals surface area (Å²) in [6, 6.07) is 0. The smallest absolute Gasteiger partial charge is 0.129 e.